The first-order valence-electron chi connectivity index (χ1n) is 6.19. The molecular formula is C14H18F2O3. The zero-order chi connectivity index (χ0) is 14.6. The number of benzene rings is 1. The van der Waals surface area contributed by atoms with Crippen LogP contribution in [0.1, 0.15) is 31.7 Å². The fraction of sp³-hybridized carbons (Fsp3) is 0.500. The summed E-state index contributed by atoms with van der Waals surface area (Å²) in [6.07, 6.45) is 0.462. The van der Waals surface area contributed by atoms with E-state index in [4.69, 9.17) is 4.74 Å². The van der Waals surface area contributed by atoms with Crippen molar-refractivity contribution >= 4 is 5.97 Å². The third-order valence-corrected chi connectivity index (χ3v) is 2.96. The Labute approximate surface area is 111 Å². The summed E-state index contributed by atoms with van der Waals surface area (Å²) >= 11 is 0. The molecule has 19 heavy (non-hydrogen) atoms. The van der Waals surface area contributed by atoms with Crippen LogP contribution in [-0.4, -0.2) is 20.2 Å². The topological polar surface area (TPSA) is 35.5 Å². The highest BCUT2D eigenvalue weighted by Crippen LogP contribution is 2.52. The summed E-state index contributed by atoms with van der Waals surface area (Å²) in [4.78, 5) is 11.3. The van der Waals surface area contributed by atoms with Crippen molar-refractivity contribution in [3.05, 3.63) is 29.3 Å². The molecule has 0 aromatic heterocycles. The van der Waals surface area contributed by atoms with Crippen molar-refractivity contribution in [2.24, 2.45) is 5.92 Å². The minimum atomic E-state index is -0.626. The summed E-state index contributed by atoms with van der Waals surface area (Å²) < 4.78 is 36.5. The van der Waals surface area contributed by atoms with Gasteiger partial charge in [0.2, 0.25) is 0 Å². The van der Waals surface area contributed by atoms with E-state index >= 15 is 0 Å². The first-order chi connectivity index (χ1) is 9.10. The molecule has 0 N–H and O–H groups in total. The Morgan fingerprint density at radius 3 is 2.32 bits per heavy atom. The van der Waals surface area contributed by atoms with Crippen LogP contribution in [0.15, 0.2) is 12.1 Å². The highest BCUT2D eigenvalue weighted by Gasteiger charge is 2.48. The van der Waals surface area contributed by atoms with E-state index in [1.807, 2.05) is 13.8 Å². The zero-order valence-corrected chi connectivity index (χ0v) is 11.5. The van der Waals surface area contributed by atoms with Gasteiger partial charge in [-0.2, -0.15) is 0 Å². The van der Waals surface area contributed by atoms with Gasteiger partial charge in [0.1, 0.15) is 5.82 Å². The molecular weight excluding hydrogens is 254 g/mol. The number of carbonyl (C=O) groups excluding carboxylic acids is 1. The molecule has 0 spiro atoms. The van der Waals surface area contributed by atoms with Crippen molar-refractivity contribution in [3.63, 3.8) is 0 Å². The van der Waals surface area contributed by atoms with Crippen LogP contribution >= 0.6 is 0 Å². The molecule has 1 aliphatic rings. The minimum absolute atomic E-state index is 0.124. The van der Waals surface area contributed by atoms with E-state index in [1.54, 1.807) is 0 Å². The third-order valence-electron chi connectivity index (χ3n) is 2.96. The number of ether oxygens (including phenoxy) is 2. The highest BCUT2D eigenvalue weighted by molar-refractivity contribution is 5.77. The molecule has 0 heterocycles. The van der Waals surface area contributed by atoms with Crippen LogP contribution in [0, 0.1) is 17.6 Å². The fourth-order valence-electron chi connectivity index (χ4n) is 2.03. The smallest absolute Gasteiger partial charge is 0.309 e. The van der Waals surface area contributed by atoms with E-state index in [9.17, 15) is 13.6 Å². The van der Waals surface area contributed by atoms with Crippen LogP contribution < -0.4 is 4.74 Å². The van der Waals surface area contributed by atoms with Crippen LogP contribution in [0.4, 0.5) is 8.78 Å². The average molecular weight is 272 g/mol. The van der Waals surface area contributed by atoms with Crippen molar-refractivity contribution < 1.29 is 23.0 Å². The molecule has 0 unspecified atom stereocenters. The second-order valence-electron chi connectivity index (χ2n) is 3.95. The van der Waals surface area contributed by atoms with Crippen LogP contribution in [0.3, 0.4) is 0 Å². The molecule has 0 radical (unpaired) electrons. The van der Waals surface area contributed by atoms with E-state index in [-0.39, 0.29) is 17.2 Å². The van der Waals surface area contributed by atoms with Crippen molar-refractivity contribution in [1.29, 1.82) is 0 Å². The van der Waals surface area contributed by atoms with Gasteiger partial charge in [0.05, 0.1) is 20.1 Å². The van der Waals surface area contributed by atoms with Crippen molar-refractivity contribution in [2.45, 2.75) is 26.2 Å². The molecule has 0 aliphatic heterocycles. The van der Waals surface area contributed by atoms with Gasteiger partial charge < -0.3 is 9.47 Å². The summed E-state index contributed by atoms with van der Waals surface area (Å²) in [7, 11) is 2.55. The summed E-state index contributed by atoms with van der Waals surface area (Å²) in [6.45, 7) is 4.00. The standard InChI is InChI=1S/C12H12F2O3.C2H6/c1-16-11-9(14)4-3-8(13)10(11)6-5-7(6)12(15)17-2;1-2/h3-4,6-7H,5H2,1-2H3;1-2H3/t6-,7+;/m0./s1. The number of hydrogen-bond acceptors (Lipinski definition) is 3. The van der Waals surface area contributed by atoms with Gasteiger partial charge in [0.25, 0.3) is 0 Å². The monoisotopic (exact) mass is 272 g/mol. The number of hydrogen-bond donors (Lipinski definition) is 0. The van der Waals surface area contributed by atoms with Crippen molar-refractivity contribution in [3.8, 4) is 5.75 Å². The molecule has 1 aliphatic carbocycles. The second-order valence-corrected chi connectivity index (χ2v) is 3.95. The predicted octanol–water partition coefficient (Wildman–Crippen LogP) is 3.28. The fourth-order valence-corrected chi connectivity index (χ4v) is 2.03. The van der Waals surface area contributed by atoms with Crippen LogP contribution in [0.5, 0.6) is 5.75 Å². The maximum Gasteiger partial charge on any atom is 0.309 e. The van der Waals surface area contributed by atoms with Crippen molar-refractivity contribution in [2.75, 3.05) is 14.2 Å². The molecule has 0 saturated heterocycles. The Hall–Kier alpha value is -1.65. The van der Waals surface area contributed by atoms with Gasteiger partial charge in [-0.25, -0.2) is 8.78 Å². The number of esters is 1. The molecule has 106 valence electrons. The quantitative estimate of drug-likeness (QED) is 0.792. The lowest BCUT2D eigenvalue weighted by Gasteiger charge is -2.10. The molecule has 1 aromatic carbocycles. The molecule has 0 bridgehead atoms. The van der Waals surface area contributed by atoms with Gasteiger partial charge in [0.15, 0.2) is 11.6 Å². The van der Waals surface area contributed by atoms with E-state index < -0.39 is 23.5 Å². The summed E-state index contributed by atoms with van der Waals surface area (Å²) in [6, 6.07) is 2.05. The molecule has 2 rings (SSSR count). The van der Waals surface area contributed by atoms with Gasteiger partial charge in [-0.1, -0.05) is 13.8 Å². The third kappa shape index (κ3) is 3.03. The van der Waals surface area contributed by atoms with Gasteiger partial charge >= 0.3 is 5.97 Å². The lowest BCUT2D eigenvalue weighted by Crippen LogP contribution is -2.06. The molecule has 5 heteroatoms. The Balaban J connectivity index is 0.000000861. The number of rotatable bonds is 3. The van der Waals surface area contributed by atoms with Crippen molar-refractivity contribution in [1.82, 2.24) is 0 Å². The van der Waals surface area contributed by atoms with Gasteiger partial charge in [0, 0.05) is 11.5 Å². The average Bonchev–Trinajstić information content (AvgIpc) is 3.22. The summed E-state index contributed by atoms with van der Waals surface area (Å²) in [5, 5.41) is 0. The van der Waals surface area contributed by atoms with E-state index in [2.05, 4.69) is 4.74 Å². The van der Waals surface area contributed by atoms with Gasteiger partial charge in [-0.3, -0.25) is 4.79 Å². The highest BCUT2D eigenvalue weighted by atomic mass is 19.1. The molecule has 1 aromatic rings. The molecule has 1 fully saturated rings. The summed E-state index contributed by atoms with van der Waals surface area (Å²) in [5.74, 6) is -2.46. The zero-order valence-electron chi connectivity index (χ0n) is 11.5. The number of carbonyl (C=O) groups is 1. The first-order valence-corrected chi connectivity index (χ1v) is 6.19. The van der Waals surface area contributed by atoms with E-state index in [0.717, 1.165) is 12.1 Å². The lowest BCUT2D eigenvalue weighted by atomic mass is 10.1. The van der Waals surface area contributed by atoms with Crippen LogP contribution in [-0.2, 0) is 9.53 Å². The Kier molecular flexibility index (Phi) is 5.27. The van der Waals surface area contributed by atoms with Gasteiger partial charge in [-0.05, 0) is 18.6 Å². The summed E-state index contributed by atoms with van der Waals surface area (Å²) in [5.41, 5.74) is 0.128. The van der Waals surface area contributed by atoms with Gasteiger partial charge in [-0.15, -0.1) is 0 Å². The van der Waals surface area contributed by atoms with E-state index in [0.29, 0.717) is 6.42 Å². The molecule has 3 nitrogen and oxygen atoms in total. The maximum absolute atomic E-state index is 13.6. The molecule has 2 atom stereocenters. The SMILES string of the molecule is CC.COC(=O)[C@@H]1C[C@@H]1c1c(F)ccc(F)c1OC. The Bertz CT molecular complexity index is 460. The number of halogens is 2. The lowest BCUT2D eigenvalue weighted by molar-refractivity contribution is -0.142. The first kappa shape index (κ1) is 15.4. The number of methoxy groups -OCH3 is 2. The second kappa shape index (κ2) is 6.50. The predicted molar refractivity (Wildman–Crippen MR) is 67.1 cm³/mol. The Morgan fingerprint density at radius 1 is 1.21 bits per heavy atom. The largest absolute Gasteiger partial charge is 0.493 e. The van der Waals surface area contributed by atoms with Crippen LogP contribution in [0.2, 0.25) is 0 Å². The molecule has 1 saturated carbocycles. The van der Waals surface area contributed by atoms with Crippen LogP contribution in [0.25, 0.3) is 0 Å². The maximum atomic E-state index is 13.6. The minimum Gasteiger partial charge on any atom is -0.493 e. The Morgan fingerprint density at radius 2 is 1.79 bits per heavy atom. The van der Waals surface area contributed by atoms with E-state index in [1.165, 1.54) is 14.2 Å². The molecule has 0 amide bonds. The normalized spacial score (nSPS) is 20.1.